The minimum atomic E-state index is -0.379. The van der Waals surface area contributed by atoms with Crippen molar-refractivity contribution in [2.75, 3.05) is 0 Å². The van der Waals surface area contributed by atoms with Crippen molar-refractivity contribution < 1.29 is 9.30 Å². The van der Waals surface area contributed by atoms with Crippen LogP contribution < -0.4 is 4.57 Å². The number of aryl methyl sites for hydroxylation is 1. The van der Waals surface area contributed by atoms with Crippen molar-refractivity contribution >= 4 is 11.0 Å². The Morgan fingerprint density at radius 3 is 2.61 bits per heavy atom. The van der Waals surface area contributed by atoms with Crippen molar-refractivity contribution in [2.45, 2.75) is 25.2 Å². The molecule has 1 aliphatic rings. The zero-order chi connectivity index (χ0) is 16.0. The maximum atomic E-state index is 6.55. The highest BCUT2D eigenvalue weighted by Gasteiger charge is 2.51. The summed E-state index contributed by atoms with van der Waals surface area (Å²) in [5.41, 5.74) is 3.22. The quantitative estimate of drug-likeness (QED) is 0.531. The van der Waals surface area contributed by atoms with Crippen molar-refractivity contribution in [2.24, 2.45) is 7.05 Å². The first-order valence-electron chi connectivity index (χ1n) is 7.99. The molecular formula is C20H21N2O+. The summed E-state index contributed by atoms with van der Waals surface area (Å²) < 4.78 is 11.1. The SMILES string of the molecule is C=CCC1(C)OC(c2ccccc2)n2c1[n+](C)c1ccccc12. The van der Waals surface area contributed by atoms with E-state index in [4.69, 9.17) is 4.74 Å². The Morgan fingerprint density at radius 2 is 1.87 bits per heavy atom. The Hall–Kier alpha value is -2.39. The van der Waals surface area contributed by atoms with Gasteiger partial charge in [-0.05, 0) is 19.1 Å². The van der Waals surface area contributed by atoms with Gasteiger partial charge in [0.05, 0.1) is 7.05 Å². The molecule has 0 spiro atoms. The molecule has 0 N–H and O–H groups in total. The van der Waals surface area contributed by atoms with Gasteiger partial charge in [0.15, 0.2) is 16.6 Å². The van der Waals surface area contributed by atoms with E-state index in [0.29, 0.717) is 0 Å². The Morgan fingerprint density at radius 1 is 1.17 bits per heavy atom. The third kappa shape index (κ3) is 1.97. The van der Waals surface area contributed by atoms with E-state index in [1.165, 1.54) is 22.4 Å². The van der Waals surface area contributed by atoms with Crippen LogP contribution in [-0.4, -0.2) is 4.57 Å². The largest absolute Gasteiger partial charge is 0.316 e. The number of ether oxygens (including phenoxy) is 1. The molecular weight excluding hydrogens is 284 g/mol. The second kappa shape index (κ2) is 5.07. The smallest absolute Gasteiger partial charge is 0.292 e. The summed E-state index contributed by atoms with van der Waals surface area (Å²) in [6.45, 7) is 6.08. The van der Waals surface area contributed by atoms with Crippen LogP contribution in [0.3, 0.4) is 0 Å². The van der Waals surface area contributed by atoms with Gasteiger partial charge in [0.1, 0.15) is 0 Å². The van der Waals surface area contributed by atoms with Gasteiger partial charge in [-0.25, -0.2) is 4.57 Å². The van der Waals surface area contributed by atoms with Gasteiger partial charge < -0.3 is 4.74 Å². The number of aromatic nitrogens is 2. The van der Waals surface area contributed by atoms with Gasteiger partial charge >= 0.3 is 0 Å². The molecule has 3 heteroatoms. The fraction of sp³-hybridized carbons (Fsp3) is 0.250. The molecule has 3 aromatic rings. The normalized spacial score (nSPS) is 23.1. The zero-order valence-electron chi connectivity index (χ0n) is 13.6. The van der Waals surface area contributed by atoms with E-state index in [1.807, 2.05) is 12.1 Å². The lowest BCUT2D eigenvalue weighted by Gasteiger charge is -2.19. The highest BCUT2D eigenvalue weighted by Crippen LogP contribution is 2.44. The molecule has 0 aliphatic carbocycles. The summed E-state index contributed by atoms with van der Waals surface area (Å²) in [7, 11) is 2.12. The van der Waals surface area contributed by atoms with Crippen LogP contribution in [0, 0.1) is 0 Å². The van der Waals surface area contributed by atoms with Crippen molar-refractivity contribution in [1.29, 1.82) is 0 Å². The van der Waals surface area contributed by atoms with Crippen LogP contribution in [0.4, 0.5) is 0 Å². The maximum Gasteiger partial charge on any atom is 0.292 e. The average molecular weight is 305 g/mol. The minimum absolute atomic E-state index is 0.109. The molecule has 0 fully saturated rings. The molecule has 116 valence electrons. The number of para-hydroxylation sites is 2. The van der Waals surface area contributed by atoms with E-state index >= 15 is 0 Å². The van der Waals surface area contributed by atoms with Crippen LogP contribution in [-0.2, 0) is 17.4 Å². The fourth-order valence-corrected chi connectivity index (χ4v) is 3.79. The molecule has 2 atom stereocenters. The van der Waals surface area contributed by atoms with E-state index in [-0.39, 0.29) is 11.8 Å². The number of hydrogen-bond acceptors (Lipinski definition) is 1. The molecule has 0 radical (unpaired) electrons. The fourth-order valence-electron chi connectivity index (χ4n) is 3.79. The molecule has 2 unspecified atom stereocenters. The molecule has 3 nitrogen and oxygen atoms in total. The molecule has 1 aliphatic heterocycles. The van der Waals surface area contributed by atoms with E-state index in [1.54, 1.807) is 0 Å². The summed E-state index contributed by atoms with van der Waals surface area (Å²) in [4.78, 5) is 0. The number of rotatable bonds is 3. The number of fused-ring (bicyclic) bond motifs is 3. The number of hydrogen-bond donors (Lipinski definition) is 0. The van der Waals surface area contributed by atoms with Crippen molar-refractivity contribution in [1.82, 2.24) is 4.57 Å². The van der Waals surface area contributed by atoms with Gasteiger partial charge in [0.25, 0.3) is 5.82 Å². The highest BCUT2D eigenvalue weighted by atomic mass is 16.5. The van der Waals surface area contributed by atoms with Gasteiger partial charge in [0.2, 0.25) is 6.23 Å². The molecule has 23 heavy (non-hydrogen) atoms. The Labute approximate surface area is 136 Å². The van der Waals surface area contributed by atoms with Crippen LogP contribution in [0.1, 0.15) is 31.0 Å². The Kier molecular flexibility index (Phi) is 3.13. The first kappa shape index (κ1) is 14.2. The lowest BCUT2D eigenvalue weighted by atomic mass is 10.0. The maximum absolute atomic E-state index is 6.55. The summed E-state index contributed by atoms with van der Waals surface area (Å²) in [5, 5.41) is 0. The van der Waals surface area contributed by atoms with E-state index < -0.39 is 0 Å². The van der Waals surface area contributed by atoms with Crippen molar-refractivity contribution in [3.8, 4) is 0 Å². The molecule has 0 saturated heterocycles. The minimum Gasteiger partial charge on any atom is -0.316 e. The standard InChI is InChI=1S/C20H21N2O/c1-4-14-20(2)19-21(3)16-12-8-9-13-17(16)22(19)18(23-20)15-10-6-5-7-11-15/h4-13,18H,1,14H2,2-3H3/q+1. The van der Waals surface area contributed by atoms with Gasteiger partial charge in [-0.15, -0.1) is 6.58 Å². The van der Waals surface area contributed by atoms with Crippen molar-refractivity contribution in [3.05, 3.63) is 78.6 Å². The topological polar surface area (TPSA) is 18.0 Å². The summed E-state index contributed by atoms with van der Waals surface area (Å²) in [6.07, 6.45) is 2.61. The number of imidazole rings is 1. The highest BCUT2D eigenvalue weighted by molar-refractivity contribution is 5.73. The number of nitrogens with zero attached hydrogens (tertiary/aromatic N) is 2. The molecule has 4 rings (SSSR count). The first-order valence-corrected chi connectivity index (χ1v) is 7.99. The second-order valence-electron chi connectivity index (χ2n) is 6.35. The predicted molar refractivity (Wildman–Crippen MR) is 90.9 cm³/mol. The van der Waals surface area contributed by atoms with E-state index in [9.17, 15) is 0 Å². The third-order valence-electron chi connectivity index (χ3n) is 4.75. The van der Waals surface area contributed by atoms with Crippen LogP contribution in [0.2, 0.25) is 0 Å². The number of benzene rings is 2. The lowest BCUT2D eigenvalue weighted by Crippen LogP contribution is -2.39. The van der Waals surface area contributed by atoms with E-state index in [2.05, 4.69) is 78.2 Å². The van der Waals surface area contributed by atoms with Gasteiger partial charge in [-0.2, -0.15) is 4.57 Å². The van der Waals surface area contributed by atoms with Crippen molar-refractivity contribution in [3.63, 3.8) is 0 Å². The van der Waals surface area contributed by atoms with Gasteiger partial charge in [-0.3, -0.25) is 0 Å². The second-order valence-corrected chi connectivity index (χ2v) is 6.35. The third-order valence-corrected chi connectivity index (χ3v) is 4.75. The zero-order valence-corrected chi connectivity index (χ0v) is 13.6. The molecule has 2 aromatic carbocycles. The van der Waals surface area contributed by atoms with E-state index in [0.717, 1.165) is 6.42 Å². The van der Waals surface area contributed by atoms with Gasteiger partial charge in [-0.1, -0.05) is 48.5 Å². The molecule has 0 amide bonds. The lowest BCUT2D eigenvalue weighted by molar-refractivity contribution is -0.659. The van der Waals surface area contributed by atoms with Crippen LogP contribution >= 0.6 is 0 Å². The molecule has 1 aromatic heterocycles. The predicted octanol–water partition coefficient (Wildman–Crippen LogP) is 3.83. The summed E-state index contributed by atoms with van der Waals surface area (Å²) in [5.74, 6) is 1.19. The monoisotopic (exact) mass is 305 g/mol. The summed E-state index contributed by atoms with van der Waals surface area (Å²) in [6, 6.07) is 18.9. The molecule has 0 bridgehead atoms. The summed E-state index contributed by atoms with van der Waals surface area (Å²) >= 11 is 0. The van der Waals surface area contributed by atoms with Gasteiger partial charge in [0, 0.05) is 12.0 Å². The van der Waals surface area contributed by atoms with Crippen LogP contribution in [0.5, 0.6) is 0 Å². The van der Waals surface area contributed by atoms with Crippen LogP contribution in [0.25, 0.3) is 11.0 Å². The van der Waals surface area contributed by atoms with Crippen LogP contribution in [0.15, 0.2) is 67.3 Å². The average Bonchev–Trinajstić information content (AvgIpc) is 3.04. The Bertz CT molecular complexity index is 881. The Balaban J connectivity index is 2.02. The first-order chi connectivity index (χ1) is 11.2. The molecule has 2 heterocycles. The molecule has 0 saturated carbocycles.